The number of rotatable bonds is 5. The summed E-state index contributed by atoms with van der Waals surface area (Å²) < 4.78 is 37.1. The largest absolute Gasteiger partial charge is 0.417 e. The zero-order valence-electron chi connectivity index (χ0n) is 11.8. The molecule has 0 aliphatic rings. The van der Waals surface area contributed by atoms with Crippen molar-refractivity contribution in [3.63, 3.8) is 0 Å². The molecule has 0 unspecified atom stereocenters. The third-order valence-electron chi connectivity index (χ3n) is 2.85. The van der Waals surface area contributed by atoms with Gasteiger partial charge in [-0.2, -0.15) is 13.2 Å². The van der Waals surface area contributed by atoms with E-state index in [4.69, 9.17) is 0 Å². The first-order valence-corrected chi connectivity index (χ1v) is 6.60. The first-order chi connectivity index (χ1) is 10.9. The number of aromatic nitrogens is 2. The second-order valence-corrected chi connectivity index (χ2v) is 4.55. The van der Waals surface area contributed by atoms with E-state index >= 15 is 0 Å². The lowest BCUT2D eigenvalue weighted by atomic mass is 10.2. The second kappa shape index (κ2) is 6.95. The van der Waals surface area contributed by atoms with E-state index in [1.807, 2.05) is 0 Å². The zero-order chi connectivity index (χ0) is 16.9. The molecule has 0 saturated heterocycles. The summed E-state index contributed by atoms with van der Waals surface area (Å²) in [4.78, 5) is 28.6. The Morgan fingerprint density at radius 2 is 1.96 bits per heavy atom. The fraction of sp³-hybridized carbons (Fsp3) is 0.214. The highest BCUT2D eigenvalue weighted by Crippen LogP contribution is 2.28. The number of carbonyl (C=O) groups is 1. The quantitative estimate of drug-likeness (QED) is 0.729. The number of hydrogen-bond donors (Lipinski definition) is 3. The molecule has 1 amide bonds. The van der Waals surface area contributed by atoms with E-state index in [-0.39, 0.29) is 30.4 Å². The van der Waals surface area contributed by atoms with Crippen molar-refractivity contribution in [3.05, 3.63) is 58.1 Å². The standard InChI is InChI=1S/C14H13F3N4O2/c15-14(16,17)10-2-3-11(20-8-10)18-5-6-19-13(23)9-1-4-12(22)21-7-9/h1-4,7-8H,5-6H2,(H,18,20)(H,19,23)(H,21,22). The molecule has 2 aromatic heterocycles. The number of anilines is 1. The number of pyridine rings is 2. The van der Waals surface area contributed by atoms with Crippen LogP contribution in [0, 0.1) is 0 Å². The molecule has 3 N–H and O–H groups in total. The molecule has 122 valence electrons. The Kier molecular flexibility index (Phi) is 4.99. The number of H-pyrrole nitrogens is 1. The van der Waals surface area contributed by atoms with E-state index in [1.54, 1.807) is 0 Å². The van der Waals surface area contributed by atoms with Crippen molar-refractivity contribution in [2.75, 3.05) is 18.4 Å². The maximum atomic E-state index is 12.4. The third-order valence-corrected chi connectivity index (χ3v) is 2.85. The van der Waals surface area contributed by atoms with Crippen LogP contribution in [0.5, 0.6) is 0 Å². The molecule has 23 heavy (non-hydrogen) atoms. The maximum Gasteiger partial charge on any atom is 0.417 e. The monoisotopic (exact) mass is 326 g/mol. The molecule has 2 heterocycles. The van der Waals surface area contributed by atoms with E-state index in [0.29, 0.717) is 5.56 Å². The minimum Gasteiger partial charge on any atom is -0.368 e. The normalized spacial score (nSPS) is 11.1. The molecule has 9 heteroatoms. The summed E-state index contributed by atoms with van der Waals surface area (Å²) in [6.07, 6.45) is -2.39. The molecule has 0 bridgehead atoms. The minimum absolute atomic E-state index is 0.237. The van der Waals surface area contributed by atoms with Gasteiger partial charge in [0.1, 0.15) is 5.82 Å². The number of halogens is 3. The van der Waals surface area contributed by atoms with Crippen LogP contribution in [0.15, 0.2) is 41.5 Å². The van der Waals surface area contributed by atoms with Crippen LogP contribution in [-0.2, 0) is 6.18 Å². The van der Waals surface area contributed by atoms with Crippen LogP contribution in [0.1, 0.15) is 15.9 Å². The topological polar surface area (TPSA) is 86.9 Å². The molecule has 2 aromatic rings. The summed E-state index contributed by atoms with van der Waals surface area (Å²) in [6, 6.07) is 4.76. The van der Waals surface area contributed by atoms with E-state index < -0.39 is 11.7 Å². The van der Waals surface area contributed by atoms with Gasteiger partial charge in [-0.05, 0) is 18.2 Å². The van der Waals surface area contributed by atoms with Gasteiger partial charge >= 0.3 is 6.18 Å². The molecule has 0 aromatic carbocycles. The average molecular weight is 326 g/mol. The highest BCUT2D eigenvalue weighted by molar-refractivity contribution is 5.93. The SMILES string of the molecule is O=C(NCCNc1ccc(C(F)(F)F)cn1)c1ccc(=O)[nH]c1. The molecule has 0 radical (unpaired) electrons. The Labute approximate surface area is 128 Å². The van der Waals surface area contributed by atoms with E-state index in [1.165, 1.54) is 24.4 Å². The highest BCUT2D eigenvalue weighted by atomic mass is 19.4. The van der Waals surface area contributed by atoms with E-state index in [9.17, 15) is 22.8 Å². The van der Waals surface area contributed by atoms with Crippen molar-refractivity contribution in [2.24, 2.45) is 0 Å². The number of nitrogens with one attached hydrogen (secondary N) is 3. The molecule has 0 aliphatic carbocycles. The molecular formula is C14H13F3N4O2. The molecular weight excluding hydrogens is 313 g/mol. The van der Waals surface area contributed by atoms with Gasteiger partial charge < -0.3 is 15.6 Å². The van der Waals surface area contributed by atoms with Crippen molar-refractivity contribution < 1.29 is 18.0 Å². The van der Waals surface area contributed by atoms with Gasteiger partial charge in [-0.15, -0.1) is 0 Å². The van der Waals surface area contributed by atoms with Crippen LogP contribution in [0.2, 0.25) is 0 Å². The average Bonchev–Trinajstić information content (AvgIpc) is 2.51. The fourth-order valence-corrected chi connectivity index (χ4v) is 1.69. The number of aromatic amines is 1. The summed E-state index contributed by atoms with van der Waals surface area (Å²) >= 11 is 0. The zero-order valence-corrected chi connectivity index (χ0v) is 11.8. The van der Waals surface area contributed by atoms with E-state index in [2.05, 4.69) is 20.6 Å². The van der Waals surface area contributed by atoms with Crippen molar-refractivity contribution in [1.29, 1.82) is 0 Å². The number of nitrogens with zero attached hydrogens (tertiary/aromatic N) is 1. The molecule has 2 rings (SSSR count). The van der Waals surface area contributed by atoms with Crippen LogP contribution in [0.3, 0.4) is 0 Å². The third kappa shape index (κ3) is 4.83. The predicted molar refractivity (Wildman–Crippen MR) is 77.1 cm³/mol. The number of alkyl halides is 3. The number of hydrogen-bond acceptors (Lipinski definition) is 4. The molecule has 0 fully saturated rings. The molecule has 0 aliphatic heterocycles. The Hall–Kier alpha value is -2.84. The predicted octanol–water partition coefficient (Wildman–Crippen LogP) is 1.63. The van der Waals surface area contributed by atoms with Crippen LogP contribution in [-0.4, -0.2) is 29.0 Å². The van der Waals surface area contributed by atoms with Gasteiger partial charge in [0.05, 0.1) is 11.1 Å². The van der Waals surface area contributed by atoms with Crippen molar-refractivity contribution in [1.82, 2.24) is 15.3 Å². The van der Waals surface area contributed by atoms with Gasteiger partial charge in [0.25, 0.3) is 5.91 Å². The van der Waals surface area contributed by atoms with Crippen LogP contribution in [0.25, 0.3) is 0 Å². The Morgan fingerprint density at radius 1 is 1.17 bits per heavy atom. The lowest BCUT2D eigenvalue weighted by Crippen LogP contribution is -2.29. The van der Waals surface area contributed by atoms with Crippen molar-refractivity contribution in [3.8, 4) is 0 Å². The number of amides is 1. The smallest absolute Gasteiger partial charge is 0.368 e. The van der Waals surface area contributed by atoms with Crippen molar-refractivity contribution >= 4 is 11.7 Å². The fourth-order valence-electron chi connectivity index (χ4n) is 1.69. The lowest BCUT2D eigenvalue weighted by molar-refractivity contribution is -0.137. The van der Waals surface area contributed by atoms with Crippen LogP contribution in [0.4, 0.5) is 19.0 Å². The van der Waals surface area contributed by atoms with Gasteiger partial charge in [0, 0.05) is 31.5 Å². The van der Waals surface area contributed by atoms with Gasteiger partial charge in [0.15, 0.2) is 0 Å². The van der Waals surface area contributed by atoms with Gasteiger partial charge in [-0.25, -0.2) is 4.98 Å². The first-order valence-electron chi connectivity index (χ1n) is 6.60. The molecule has 6 nitrogen and oxygen atoms in total. The number of carbonyl (C=O) groups excluding carboxylic acids is 1. The summed E-state index contributed by atoms with van der Waals surface area (Å²) in [5.74, 6) is -0.0975. The van der Waals surface area contributed by atoms with Gasteiger partial charge in [-0.3, -0.25) is 9.59 Å². The molecule has 0 saturated carbocycles. The minimum atomic E-state index is -4.42. The first kappa shape index (κ1) is 16.5. The van der Waals surface area contributed by atoms with Crippen molar-refractivity contribution in [2.45, 2.75) is 6.18 Å². The van der Waals surface area contributed by atoms with Gasteiger partial charge in [0.2, 0.25) is 5.56 Å². The van der Waals surface area contributed by atoms with E-state index in [0.717, 1.165) is 12.3 Å². The van der Waals surface area contributed by atoms with Gasteiger partial charge in [-0.1, -0.05) is 0 Å². The Morgan fingerprint density at radius 3 is 2.52 bits per heavy atom. The van der Waals surface area contributed by atoms with Crippen LogP contribution >= 0.6 is 0 Å². The highest BCUT2D eigenvalue weighted by Gasteiger charge is 2.30. The summed E-state index contributed by atoms with van der Waals surface area (Å²) in [6.45, 7) is 0.522. The van der Waals surface area contributed by atoms with Crippen LogP contribution < -0.4 is 16.2 Å². The molecule has 0 atom stereocenters. The second-order valence-electron chi connectivity index (χ2n) is 4.55. The molecule has 0 spiro atoms. The Balaban J connectivity index is 1.78. The maximum absolute atomic E-state index is 12.4. The summed E-state index contributed by atoms with van der Waals surface area (Å²) in [5, 5.41) is 5.38. The Bertz CT molecular complexity index is 706. The summed E-state index contributed by atoms with van der Waals surface area (Å²) in [7, 11) is 0. The lowest BCUT2D eigenvalue weighted by Gasteiger charge is -2.09. The summed E-state index contributed by atoms with van der Waals surface area (Å²) in [5.41, 5.74) is -0.830.